The van der Waals surface area contributed by atoms with Crippen molar-refractivity contribution in [1.29, 1.82) is 0 Å². The minimum absolute atomic E-state index is 0.205. The Morgan fingerprint density at radius 3 is 2.47 bits per heavy atom. The molecule has 4 heteroatoms. The monoisotopic (exact) mass is 374 g/mol. The van der Waals surface area contributed by atoms with Crippen molar-refractivity contribution in [1.82, 2.24) is 0 Å². The van der Waals surface area contributed by atoms with E-state index in [0.29, 0.717) is 29.0 Å². The molecule has 0 fully saturated rings. The molecule has 3 heterocycles. The molecule has 0 bridgehead atoms. The number of hydrogen-bond donors (Lipinski definition) is 1. The Balaban J connectivity index is 1.94. The number of aliphatic hydroxyl groups is 1. The third-order valence-electron chi connectivity index (χ3n) is 2.43. The summed E-state index contributed by atoms with van der Waals surface area (Å²) in [4.78, 5) is 5.02. The first kappa shape index (κ1) is 11.7. The third kappa shape index (κ3) is 2.43. The van der Waals surface area contributed by atoms with Crippen LogP contribution in [0, 0.1) is 0 Å². The molecule has 3 rings (SSSR count). The van der Waals surface area contributed by atoms with Crippen molar-refractivity contribution in [2.45, 2.75) is 6.61 Å². The molecule has 86 valence electrons. The van der Waals surface area contributed by atoms with Gasteiger partial charge in [0.1, 0.15) is 0 Å². The Labute approximate surface area is 116 Å². The zero-order valence-electron chi connectivity index (χ0n) is 8.92. The molecular formula is C13H10OSSe2. The molecule has 1 nitrogen and oxygen atoms in total. The van der Waals surface area contributed by atoms with Gasteiger partial charge in [0.05, 0.1) is 0 Å². The summed E-state index contributed by atoms with van der Waals surface area (Å²) in [6, 6.07) is 13.0. The topological polar surface area (TPSA) is 20.2 Å². The van der Waals surface area contributed by atoms with E-state index in [2.05, 4.69) is 41.3 Å². The van der Waals surface area contributed by atoms with Gasteiger partial charge in [-0.3, -0.25) is 0 Å². The zero-order valence-corrected chi connectivity index (χ0v) is 13.2. The fourth-order valence-corrected chi connectivity index (χ4v) is 6.46. The van der Waals surface area contributed by atoms with E-state index >= 15 is 0 Å². The Morgan fingerprint density at radius 1 is 1.00 bits per heavy atom. The Hall–Kier alpha value is -0.341. The van der Waals surface area contributed by atoms with E-state index in [-0.39, 0.29) is 6.61 Å². The van der Waals surface area contributed by atoms with Gasteiger partial charge in [0.15, 0.2) is 0 Å². The van der Waals surface area contributed by atoms with Gasteiger partial charge in [-0.05, 0) is 0 Å². The van der Waals surface area contributed by atoms with Crippen molar-refractivity contribution in [3.8, 4) is 18.6 Å². The van der Waals surface area contributed by atoms with Gasteiger partial charge < -0.3 is 0 Å². The van der Waals surface area contributed by atoms with Crippen molar-refractivity contribution in [2.24, 2.45) is 0 Å². The van der Waals surface area contributed by atoms with E-state index in [1.54, 1.807) is 0 Å². The van der Waals surface area contributed by atoms with Crippen LogP contribution < -0.4 is 0 Å². The van der Waals surface area contributed by atoms with Crippen molar-refractivity contribution >= 4 is 40.3 Å². The predicted molar refractivity (Wildman–Crippen MR) is 75.0 cm³/mol. The molecule has 0 spiro atoms. The summed E-state index contributed by atoms with van der Waals surface area (Å²) >= 11 is 2.72. The van der Waals surface area contributed by atoms with Crippen LogP contribution in [0.1, 0.15) is 4.44 Å². The molecule has 0 unspecified atom stereocenters. The molecule has 0 aliphatic carbocycles. The van der Waals surface area contributed by atoms with Gasteiger partial charge in [0.2, 0.25) is 0 Å². The molecule has 1 N–H and O–H groups in total. The molecule has 0 radical (unpaired) electrons. The molecule has 0 aliphatic heterocycles. The average Bonchev–Trinajstić information content (AvgIpc) is 3.09. The van der Waals surface area contributed by atoms with Crippen molar-refractivity contribution in [3.05, 3.63) is 45.8 Å². The van der Waals surface area contributed by atoms with Crippen molar-refractivity contribution < 1.29 is 5.11 Å². The summed E-state index contributed by atoms with van der Waals surface area (Å²) in [5.74, 6) is 0. The first-order valence-corrected chi connectivity index (χ1v) is 9.58. The fraction of sp³-hybridized carbons (Fsp3) is 0.0769. The van der Waals surface area contributed by atoms with Crippen molar-refractivity contribution in [3.63, 3.8) is 0 Å². The van der Waals surface area contributed by atoms with Gasteiger partial charge >= 0.3 is 116 Å². The van der Waals surface area contributed by atoms with Crippen LogP contribution in [0.5, 0.6) is 0 Å². The SMILES string of the molecule is OCc1ccc(-c2ccc(-c3ccc[se]3)s2)[se]1. The summed E-state index contributed by atoms with van der Waals surface area (Å²) in [7, 11) is 0. The van der Waals surface area contributed by atoms with E-state index < -0.39 is 0 Å². The number of aliphatic hydroxyl groups excluding tert-OH is 1. The van der Waals surface area contributed by atoms with Crippen LogP contribution in [0.2, 0.25) is 0 Å². The molecule has 17 heavy (non-hydrogen) atoms. The Bertz CT molecular complexity index is 607. The van der Waals surface area contributed by atoms with Gasteiger partial charge in [0, 0.05) is 0 Å². The summed E-state index contributed by atoms with van der Waals surface area (Å²) in [6.45, 7) is 0.205. The Morgan fingerprint density at radius 2 is 1.82 bits per heavy atom. The molecule has 3 aromatic heterocycles. The van der Waals surface area contributed by atoms with Crippen LogP contribution >= 0.6 is 11.3 Å². The first-order chi connectivity index (χ1) is 8.36. The normalized spacial score (nSPS) is 10.9. The third-order valence-corrected chi connectivity index (χ3v) is 8.38. The van der Waals surface area contributed by atoms with Gasteiger partial charge in [-0.15, -0.1) is 0 Å². The summed E-state index contributed by atoms with van der Waals surface area (Å²) < 4.78 is 4.06. The van der Waals surface area contributed by atoms with E-state index in [1.165, 1.54) is 23.1 Å². The summed E-state index contributed by atoms with van der Waals surface area (Å²) in [5, 5.41) is 9.11. The zero-order chi connectivity index (χ0) is 11.7. The summed E-state index contributed by atoms with van der Waals surface area (Å²) in [6.07, 6.45) is 0. The number of thiophene rings is 1. The van der Waals surface area contributed by atoms with E-state index in [0.717, 1.165) is 0 Å². The van der Waals surface area contributed by atoms with E-state index in [9.17, 15) is 0 Å². The maximum atomic E-state index is 9.11. The molecule has 0 saturated carbocycles. The van der Waals surface area contributed by atoms with Crippen LogP contribution in [-0.2, 0) is 6.61 Å². The van der Waals surface area contributed by atoms with Gasteiger partial charge in [-0.25, -0.2) is 0 Å². The van der Waals surface area contributed by atoms with E-state index in [1.807, 2.05) is 11.3 Å². The standard InChI is InChI=1S/C13H10OSSe2/c14-8-9-3-6-13(17-9)11-5-4-10(15-11)12-2-1-7-16-12/h1-7,14H,8H2. The molecule has 3 aromatic rings. The molecular weight excluding hydrogens is 362 g/mol. The van der Waals surface area contributed by atoms with E-state index in [4.69, 9.17) is 5.11 Å². The molecule has 0 aromatic carbocycles. The van der Waals surface area contributed by atoms with Gasteiger partial charge in [-0.2, -0.15) is 0 Å². The average molecular weight is 372 g/mol. The molecule has 0 saturated heterocycles. The molecule has 0 atom stereocenters. The van der Waals surface area contributed by atoms with Gasteiger partial charge in [0.25, 0.3) is 0 Å². The predicted octanol–water partition coefficient (Wildman–Crippen LogP) is 2.69. The molecule has 0 amide bonds. The van der Waals surface area contributed by atoms with Crippen LogP contribution in [0.4, 0.5) is 0 Å². The minimum atomic E-state index is 0.205. The first-order valence-electron chi connectivity index (χ1n) is 5.20. The van der Waals surface area contributed by atoms with Crippen LogP contribution in [-0.4, -0.2) is 34.1 Å². The fourth-order valence-electron chi connectivity index (χ4n) is 1.62. The van der Waals surface area contributed by atoms with Crippen molar-refractivity contribution in [2.75, 3.05) is 0 Å². The molecule has 0 aliphatic rings. The second-order valence-electron chi connectivity index (χ2n) is 3.57. The maximum absolute atomic E-state index is 9.11. The van der Waals surface area contributed by atoms with Gasteiger partial charge in [-0.1, -0.05) is 0 Å². The summed E-state index contributed by atoms with van der Waals surface area (Å²) in [5.41, 5.74) is 0. The quantitative estimate of drug-likeness (QED) is 0.701. The van der Waals surface area contributed by atoms with Crippen LogP contribution in [0.25, 0.3) is 18.6 Å². The number of hydrogen-bond acceptors (Lipinski definition) is 2. The second-order valence-corrected chi connectivity index (χ2v) is 9.09. The van der Waals surface area contributed by atoms with Crippen LogP contribution in [0.3, 0.4) is 0 Å². The second kappa shape index (κ2) is 5.11. The Kier molecular flexibility index (Phi) is 3.53. The van der Waals surface area contributed by atoms with Crippen LogP contribution in [0.15, 0.2) is 41.3 Å². The number of rotatable bonds is 3.